The van der Waals surface area contributed by atoms with Gasteiger partial charge in [0, 0.05) is 43.5 Å². The molecule has 3 aromatic rings. The summed E-state index contributed by atoms with van der Waals surface area (Å²) in [5.41, 5.74) is 2.49. The zero-order valence-electron chi connectivity index (χ0n) is 20.8. The fraction of sp³-hybridized carbons (Fsp3) is 0.519. The summed E-state index contributed by atoms with van der Waals surface area (Å²) in [5, 5.41) is 4.46. The highest BCUT2D eigenvalue weighted by atomic mass is 32.1. The standard InChI is InChI=1S/C27H35N5O2S/c1-19-20(2)35-27-25(19)26(29-23(30-27)18-31-14-16-34-17-15-31)32-12-10-22(11-13-32)28-24(33)9-8-21-6-4-3-5-7-21/h3-7,22H,8-18H2,1-2H3,(H,28,33). The number of nitrogens with one attached hydrogen (secondary N) is 1. The summed E-state index contributed by atoms with van der Waals surface area (Å²) in [6.07, 6.45) is 3.19. The van der Waals surface area contributed by atoms with E-state index in [0.717, 1.165) is 81.7 Å². The molecule has 2 aliphatic rings. The molecule has 2 aromatic heterocycles. The van der Waals surface area contributed by atoms with Crippen molar-refractivity contribution < 1.29 is 9.53 Å². The maximum Gasteiger partial charge on any atom is 0.220 e. The monoisotopic (exact) mass is 493 g/mol. The second-order valence-electron chi connectivity index (χ2n) is 9.63. The van der Waals surface area contributed by atoms with E-state index in [1.54, 1.807) is 11.3 Å². The Bertz CT molecular complexity index is 1150. The average Bonchev–Trinajstić information content (AvgIpc) is 3.17. The zero-order valence-corrected chi connectivity index (χ0v) is 21.6. The maximum absolute atomic E-state index is 12.5. The van der Waals surface area contributed by atoms with Crippen LogP contribution in [-0.2, 0) is 22.5 Å². The molecule has 2 saturated heterocycles. The smallest absolute Gasteiger partial charge is 0.220 e. The van der Waals surface area contributed by atoms with Gasteiger partial charge < -0.3 is 15.0 Å². The fourth-order valence-corrected chi connectivity index (χ4v) is 6.01. The molecule has 1 amide bonds. The lowest BCUT2D eigenvalue weighted by Crippen LogP contribution is -2.45. The van der Waals surface area contributed by atoms with Gasteiger partial charge in [-0.15, -0.1) is 11.3 Å². The van der Waals surface area contributed by atoms with Gasteiger partial charge in [-0.2, -0.15) is 0 Å². The molecule has 0 saturated carbocycles. The van der Waals surface area contributed by atoms with Crippen LogP contribution in [0.1, 0.15) is 41.1 Å². The van der Waals surface area contributed by atoms with Crippen molar-refractivity contribution in [2.24, 2.45) is 0 Å². The SMILES string of the molecule is Cc1sc2nc(CN3CCOCC3)nc(N3CCC(NC(=O)CCc4ccccc4)CC3)c2c1C. The number of benzene rings is 1. The van der Waals surface area contributed by atoms with E-state index in [-0.39, 0.29) is 11.9 Å². The first kappa shape index (κ1) is 24.2. The highest BCUT2D eigenvalue weighted by Crippen LogP contribution is 2.36. The Balaban J connectivity index is 1.24. The van der Waals surface area contributed by atoms with E-state index < -0.39 is 0 Å². The molecule has 186 valence electrons. The van der Waals surface area contributed by atoms with Crippen molar-refractivity contribution in [3.05, 3.63) is 52.2 Å². The van der Waals surface area contributed by atoms with Crippen molar-refractivity contribution in [2.75, 3.05) is 44.3 Å². The van der Waals surface area contributed by atoms with Crippen molar-refractivity contribution in [1.82, 2.24) is 20.2 Å². The van der Waals surface area contributed by atoms with E-state index >= 15 is 0 Å². The molecule has 2 aliphatic heterocycles. The van der Waals surface area contributed by atoms with Gasteiger partial charge in [-0.25, -0.2) is 9.97 Å². The third kappa shape index (κ3) is 5.82. The van der Waals surface area contributed by atoms with Crippen LogP contribution in [0.15, 0.2) is 30.3 Å². The first-order valence-corrected chi connectivity index (χ1v) is 13.5. The lowest BCUT2D eigenvalue weighted by atomic mass is 10.0. The maximum atomic E-state index is 12.5. The zero-order chi connectivity index (χ0) is 24.2. The number of carbonyl (C=O) groups excluding carboxylic acids is 1. The molecule has 0 atom stereocenters. The van der Waals surface area contributed by atoms with E-state index in [0.29, 0.717) is 6.42 Å². The number of hydrogen-bond donors (Lipinski definition) is 1. The third-order valence-corrected chi connectivity index (χ3v) is 8.27. The molecular formula is C27H35N5O2S. The summed E-state index contributed by atoms with van der Waals surface area (Å²) in [6.45, 7) is 10.3. The molecule has 0 unspecified atom stereocenters. The first-order valence-electron chi connectivity index (χ1n) is 12.7. The van der Waals surface area contributed by atoms with E-state index in [1.165, 1.54) is 21.4 Å². The molecule has 5 rings (SSSR count). The van der Waals surface area contributed by atoms with E-state index in [9.17, 15) is 4.79 Å². The number of aromatic nitrogens is 2. The molecule has 0 spiro atoms. The topological polar surface area (TPSA) is 70.6 Å². The number of carbonyl (C=O) groups is 1. The highest BCUT2D eigenvalue weighted by molar-refractivity contribution is 7.18. The van der Waals surface area contributed by atoms with Crippen LogP contribution >= 0.6 is 11.3 Å². The molecule has 2 fully saturated rings. The van der Waals surface area contributed by atoms with Crippen molar-refractivity contribution in [1.29, 1.82) is 0 Å². The largest absolute Gasteiger partial charge is 0.379 e. The Morgan fingerprint density at radius 2 is 1.83 bits per heavy atom. The summed E-state index contributed by atoms with van der Waals surface area (Å²) in [7, 11) is 0. The predicted octanol–water partition coefficient (Wildman–Crippen LogP) is 3.86. The Labute approximate surface area is 211 Å². The molecular weight excluding hydrogens is 458 g/mol. The van der Waals surface area contributed by atoms with Crippen molar-refractivity contribution in [3.8, 4) is 0 Å². The number of aryl methyl sites for hydroxylation is 3. The van der Waals surface area contributed by atoms with Crippen molar-refractivity contribution in [3.63, 3.8) is 0 Å². The molecule has 0 radical (unpaired) electrons. The molecule has 7 nitrogen and oxygen atoms in total. The molecule has 8 heteroatoms. The minimum atomic E-state index is 0.147. The Kier molecular flexibility index (Phi) is 7.60. The van der Waals surface area contributed by atoms with Gasteiger partial charge in [0.2, 0.25) is 5.91 Å². The summed E-state index contributed by atoms with van der Waals surface area (Å²) < 4.78 is 5.50. The van der Waals surface area contributed by atoms with Crippen LogP contribution in [0.2, 0.25) is 0 Å². The van der Waals surface area contributed by atoms with E-state index in [4.69, 9.17) is 14.7 Å². The Hall–Kier alpha value is -2.55. The lowest BCUT2D eigenvalue weighted by Gasteiger charge is -2.34. The number of piperidine rings is 1. The number of ether oxygens (including phenoxy) is 1. The normalized spacial score (nSPS) is 17.7. The van der Waals surface area contributed by atoms with Crippen molar-refractivity contribution >= 4 is 33.3 Å². The second-order valence-corrected chi connectivity index (χ2v) is 10.8. The first-order chi connectivity index (χ1) is 17.1. The number of amides is 1. The van der Waals surface area contributed by atoms with Gasteiger partial charge in [-0.1, -0.05) is 30.3 Å². The van der Waals surface area contributed by atoms with Crippen LogP contribution in [0.3, 0.4) is 0 Å². The molecule has 1 aromatic carbocycles. The molecule has 4 heterocycles. The van der Waals surface area contributed by atoms with Crippen LogP contribution < -0.4 is 10.2 Å². The fourth-order valence-electron chi connectivity index (χ4n) is 4.97. The molecule has 1 N–H and O–H groups in total. The summed E-state index contributed by atoms with van der Waals surface area (Å²) in [5.74, 6) is 2.11. The summed E-state index contributed by atoms with van der Waals surface area (Å²) in [6, 6.07) is 10.4. The Morgan fingerprint density at radius 3 is 2.57 bits per heavy atom. The number of anilines is 1. The van der Waals surface area contributed by atoms with Crippen LogP contribution in [0.4, 0.5) is 5.82 Å². The number of nitrogens with zero attached hydrogens (tertiary/aromatic N) is 4. The van der Waals surface area contributed by atoms with Gasteiger partial charge in [-0.05, 0) is 44.2 Å². The molecule has 0 aliphatic carbocycles. The Morgan fingerprint density at radius 1 is 1.09 bits per heavy atom. The van der Waals surface area contributed by atoms with Crippen LogP contribution in [-0.4, -0.2) is 66.2 Å². The van der Waals surface area contributed by atoms with Crippen molar-refractivity contribution in [2.45, 2.75) is 52.1 Å². The van der Waals surface area contributed by atoms with Crippen LogP contribution in [0.25, 0.3) is 10.2 Å². The molecule has 35 heavy (non-hydrogen) atoms. The molecule has 0 bridgehead atoms. The number of morpholine rings is 1. The lowest BCUT2D eigenvalue weighted by molar-refractivity contribution is -0.121. The van der Waals surface area contributed by atoms with E-state index in [1.807, 2.05) is 18.2 Å². The number of hydrogen-bond acceptors (Lipinski definition) is 7. The highest BCUT2D eigenvalue weighted by Gasteiger charge is 2.26. The van der Waals surface area contributed by atoms with E-state index in [2.05, 4.69) is 41.1 Å². The number of fused-ring (bicyclic) bond motifs is 1. The summed E-state index contributed by atoms with van der Waals surface area (Å²) in [4.78, 5) is 29.7. The summed E-state index contributed by atoms with van der Waals surface area (Å²) >= 11 is 1.77. The van der Waals surface area contributed by atoms with Gasteiger partial charge in [0.15, 0.2) is 0 Å². The van der Waals surface area contributed by atoms with Gasteiger partial charge in [0.05, 0.1) is 25.1 Å². The minimum absolute atomic E-state index is 0.147. The quantitative estimate of drug-likeness (QED) is 0.539. The predicted molar refractivity (Wildman–Crippen MR) is 141 cm³/mol. The minimum Gasteiger partial charge on any atom is -0.379 e. The van der Waals surface area contributed by atoms with Gasteiger partial charge in [0.1, 0.15) is 16.5 Å². The van der Waals surface area contributed by atoms with Gasteiger partial charge >= 0.3 is 0 Å². The van der Waals surface area contributed by atoms with Crippen LogP contribution in [0, 0.1) is 13.8 Å². The van der Waals surface area contributed by atoms with Gasteiger partial charge in [-0.3, -0.25) is 9.69 Å². The average molecular weight is 494 g/mol. The number of rotatable bonds is 7. The number of thiophene rings is 1. The third-order valence-electron chi connectivity index (χ3n) is 7.17. The van der Waals surface area contributed by atoms with Crippen LogP contribution in [0.5, 0.6) is 0 Å². The second kappa shape index (κ2) is 11.0. The van der Waals surface area contributed by atoms with Gasteiger partial charge in [0.25, 0.3) is 0 Å².